The molecule has 0 aliphatic carbocycles. The van der Waals surface area contributed by atoms with Crippen LogP contribution in [0.5, 0.6) is 0 Å². The molecule has 1 aromatic carbocycles. The number of halogens is 1. The van der Waals surface area contributed by atoms with E-state index in [-0.39, 0.29) is 6.03 Å². The molecule has 8 heteroatoms. The Hall–Kier alpha value is -2.54. The molecular weight excluding hydrogens is 388 g/mol. The second kappa shape index (κ2) is 8.45. The number of benzene rings is 1. The van der Waals surface area contributed by atoms with E-state index in [0.29, 0.717) is 18.1 Å². The number of aromatic nitrogens is 2. The molecule has 2 saturated heterocycles. The zero-order valence-electron chi connectivity index (χ0n) is 17.0. The molecule has 0 spiro atoms. The summed E-state index contributed by atoms with van der Waals surface area (Å²) in [5, 5.41) is 3.59. The molecule has 1 aromatic heterocycles. The van der Waals surface area contributed by atoms with E-state index >= 15 is 0 Å². The number of nitrogens with one attached hydrogen (secondary N) is 1. The standard InChI is InChI=1S/C21H27ClN6O/c1-15-5-6-17(14-18(15)22)24-21(29)28-11-9-26(10-12-28)19-13-16(2)23-20(25-19)27-7-3-4-8-27/h5-6,13-14H,3-4,7-12H2,1-2H3,(H,24,29). The van der Waals surface area contributed by atoms with Crippen molar-refractivity contribution in [3.63, 3.8) is 0 Å². The highest BCUT2D eigenvalue weighted by atomic mass is 35.5. The van der Waals surface area contributed by atoms with Gasteiger partial charge in [-0.2, -0.15) is 4.98 Å². The molecule has 3 heterocycles. The summed E-state index contributed by atoms with van der Waals surface area (Å²) in [4.78, 5) is 28.4. The number of urea groups is 1. The first-order valence-corrected chi connectivity index (χ1v) is 10.5. The van der Waals surface area contributed by atoms with E-state index < -0.39 is 0 Å². The Bertz CT molecular complexity index is 891. The van der Waals surface area contributed by atoms with Crippen LogP contribution in [0.1, 0.15) is 24.1 Å². The number of amides is 2. The zero-order valence-corrected chi connectivity index (χ0v) is 17.7. The molecule has 0 saturated carbocycles. The van der Waals surface area contributed by atoms with Crippen molar-refractivity contribution in [1.29, 1.82) is 0 Å². The van der Waals surface area contributed by atoms with Gasteiger partial charge in [0.05, 0.1) is 0 Å². The third kappa shape index (κ3) is 4.56. The van der Waals surface area contributed by atoms with E-state index in [0.717, 1.165) is 54.9 Å². The van der Waals surface area contributed by atoms with Crippen LogP contribution in [0.15, 0.2) is 24.3 Å². The summed E-state index contributed by atoms with van der Waals surface area (Å²) in [5.41, 5.74) is 2.69. The van der Waals surface area contributed by atoms with Crippen molar-refractivity contribution in [3.8, 4) is 0 Å². The number of hydrogen-bond donors (Lipinski definition) is 1. The van der Waals surface area contributed by atoms with Crippen LogP contribution in [-0.4, -0.2) is 60.2 Å². The smallest absolute Gasteiger partial charge is 0.321 e. The van der Waals surface area contributed by atoms with Crippen molar-refractivity contribution in [2.24, 2.45) is 0 Å². The number of carbonyl (C=O) groups is 1. The number of aryl methyl sites for hydroxylation is 2. The fourth-order valence-corrected chi connectivity index (χ4v) is 3.95. The van der Waals surface area contributed by atoms with Crippen LogP contribution >= 0.6 is 11.6 Å². The maximum absolute atomic E-state index is 12.6. The predicted molar refractivity (Wildman–Crippen MR) is 117 cm³/mol. The number of piperazine rings is 1. The molecule has 2 aliphatic heterocycles. The van der Waals surface area contributed by atoms with Crippen molar-refractivity contribution in [3.05, 3.63) is 40.5 Å². The van der Waals surface area contributed by atoms with Crippen LogP contribution in [0.2, 0.25) is 5.02 Å². The van der Waals surface area contributed by atoms with Crippen molar-refractivity contribution >= 4 is 35.1 Å². The van der Waals surface area contributed by atoms with Gasteiger partial charge in [0, 0.05) is 61.7 Å². The van der Waals surface area contributed by atoms with Crippen LogP contribution in [0.3, 0.4) is 0 Å². The molecule has 0 unspecified atom stereocenters. The number of hydrogen-bond acceptors (Lipinski definition) is 5. The number of rotatable bonds is 3. The molecule has 7 nitrogen and oxygen atoms in total. The fraction of sp³-hybridized carbons (Fsp3) is 0.476. The van der Waals surface area contributed by atoms with Crippen LogP contribution in [0.4, 0.5) is 22.2 Å². The van der Waals surface area contributed by atoms with Gasteiger partial charge in [-0.1, -0.05) is 17.7 Å². The molecule has 0 atom stereocenters. The molecule has 29 heavy (non-hydrogen) atoms. The average Bonchev–Trinajstić information content (AvgIpc) is 3.25. The van der Waals surface area contributed by atoms with Gasteiger partial charge in [-0.25, -0.2) is 9.78 Å². The lowest BCUT2D eigenvalue weighted by Gasteiger charge is -2.35. The summed E-state index contributed by atoms with van der Waals surface area (Å²) < 4.78 is 0. The minimum atomic E-state index is -0.0961. The van der Waals surface area contributed by atoms with Crippen molar-refractivity contribution in [2.45, 2.75) is 26.7 Å². The van der Waals surface area contributed by atoms with Gasteiger partial charge in [0.15, 0.2) is 0 Å². The van der Waals surface area contributed by atoms with E-state index in [1.54, 1.807) is 6.07 Å². The highest BCUT2D eigenvalue weighted by Crippen LogP contribution is 2.23. The van der Waals surface area contributed by atoms with Crippen molar-refractivity contribution < 1.29 is 4.79 Å². The molecule has 154 valence electrons. The highest BCUT2D eigenvalue weighted by molar-refractivity contribution is 6.31. The molecule has 2 fully saturated rings. The first kappa shape index (κ1) is 19.8. The Labute approximate surface area is 176 Å². The predicted octanol–water partition coefficient (Wildman–Crippen LogP) is 3.70. The number of anilines is 3. The van der Waals surface area contributed by atoms with E-state index in [1.807, 2.05) is 36.9 Å². The number of carbonyl (C=O) groups excluding carboxylic acids is 1. The second-order valence-corrected chi connectivity index (χ2v) is 8.14. The van der Waals surface area contributed by atoms with Gasteiger partial charge in [0.1, 0.15) is 5.82 Å². The largest absolute Gasteiger partial charge is 0.353 e. The Balaban J connectivity index is 1.37. The zero-order chi connectivity index (χ0) is 20.4. The van der Waals surface area contributed by atoms with Gasteiger partial charge < -0.3 is 20.0 Å². The molecule has 2 aliphatic rings. The summed E-state index contributed by atoms with van der Waals surface area (Å²) in [5.74, 6) is 1.78. The molecule has 0 bridgehead atoms. The SMILES string of the molecule is Cc1cc(N2CCN(C(=O)Nc3ccc(C)c(Cl)c3)CC2)nc(N2CCCC2)n1. The van der Waals surface area contributed by atoms with Crippen LogP contribution in [0, 0.1) is 13.8 Å². The normalized spacial score (nSPS) is 17.0. The molecule has 2 amide bonds. The molecule has 1 N–H and O–H groups in total. The summed E-state index contributed by atoms with van der Waals surface area (Å²) in [7, 11) is 0. The first-order valence-electron chi connectivity index (χ1n) is 10.2. The summed E-state index contributed by atoms with van der Waals surface area (Å²) in [6, 6.07) is 7.50. The van der Waals surface area contributed by atoms with E-state index in [9.17, 15) is 4.79 Å². The minimum absolute atomic E-state index is 0.0961. The Morgan fingerprint density at radius 2 is 1.69 bits per heavy atom. The summed E-state index contributed by atoms with van der Waals surface area (Å²) in [6.45, 7) is 8.80. The minimum Gasteiger partial charge on any atom is -0.353 e. The lowest BCUT2D eigenvalue weighted by molar-refractivity contribution is 0.208. The van der Waals surface area contributed by atoms with Gasteiger partial charge in [-0.15, -0.1) is 0 Å². The van der Waals surface area contributed by atoms with Crippen LogP contribution < -0.4 is 15.1 Å². The Kier molecular flexibility index (Phi) is 5.76. The van der Waals surface area contributed by atoms with Crippen LogP contribution in [0.25, 0.3) is 0 Å². The Morgan fingerprint density at radius 1 is 0.966 bits per heavy atom. The van der Waals surface area contributed by atoms with Gasteiger partial charge in [0.2, 0.25) is 5.95 Å². The molecular formula is C21H27ClN6O. The maximum atomic E-state index is 12.6. The average molecular weight is 415 g/mol. The molecule has 0 radical (unpaired) electrons. The maximum Gasteiger partial charge on any atom is 0.321 e. The van der Waals surface area contributed by atoms with E-state index in [1.165, 1.54) is 12.8 Å². The van der Waals surface area contributed by atoms with Gasteiger partial charge in [0.25, 0.3) is 0 Å². The topological polar surface area (TPSA) is 64.6 Å². The van der Waals surface area contributed by atoms with Crippen molar-refractivity contribution in [1.82, 2.24) is 14.9 Å². The third-order valence-electron chi connectivity index (χ3n) is 5.53. The van der Waals surface area contributed by atoms with Gasteiger partial charge in [-0.3, -0.25) is 0 Å². The van der Waals surface area contributed by atoms with E-state index in [2.05, 4.69) is 20.1 Å². The van der Waals surface area contributed by atoms with Crippen LogP contribution in [-0.2, 0) is 0 Å². The third-order valence-corrected chi connectivity index (χ3v) is 5.94. The fourth-order valence-electron chi connectivity index (χ4n) is 3.77. The highest BCUT2D eigenvalue weighted by Gasteiger charge is 2.24. The first-order chi connectivity index (χ1) is 14.0. The molecule has 4 rings (SSSR count). The summed E-state index contributed by atoms with van der Waals surface area (Å²) >= 11 is 6.16. The lowest BCUT2D eigenvalue weighted by atomic mass is 10.2. The summed E-state index contributed by atoms with van der Waals surface area (Å²) in [6.07, 6.45) is 2.40. The van der Waals surface area contributed by atoms with Gasteiger partial charge in [-0.05, 0) is 44.4 Å². The number of nitrogens with zero attached hydrogens (tertiary/aromatic N) is 5. The quantitative estimate of drug-likeness (QED) is 0.829. The lowest BCUT2D eigenvalue weighted by Crippen LogP contribution is -2.50. The Morgan fingerprint density at radius 3 is 2.38 bits per heavy atom. The van der Waals surface area contributed by atoms with Gasteiger partial charge >= 0.3 is 6.03 Å². The monoisotopic (exact) mass is 414 g/mol. The molecule has 2 aromatic rings. The second-order valence-electron chi connectivity index (χ2n) is 7.73. The van der Waals surface area contributed by atoms with E-state index in [4.69, 9.17) is 16.6 Å². The van der Waals surface area contributed by atoms with Crippen molar-refractivity contribution in [2.75, 3.05) is 54.4 Å².